The van der Waals surface area contributed by atoms with Crippen LogP contribution in [-0.4, -0.2) is 7.11 Å². The van der Waals surface area contributed by atoms with Crippen molar-refractivity contribution in [2.45, 2.75) is 20.8 Å². The Morgan fingerprint density at radius 1 is 1.19 bits per heavy atom. The van der Waals surface area contributed by atoms with Gasteiger partial charge in [-0.15, -0.1) is 0 Å². The second-order valence-corrected chi connectivity index (χ2v) is 3.93. The Bertz CT molecular complexity index is 609. The maximum atomic E-state index is 12.0. The lowest BCUT2D eigenvalue weighted by atomic mass is 10.1. The molecule has 0 aliphatic carbocycles. The van der Waals surface area contributed by atoms with E-state index in [2.05, 4.69) is 0 Å². The van der Waals surface area contributed by atoms with Crippen LogP contribution in [-0.2, 0) is 0 Å². The third-order valence-corrected chi connectivity index (χ3v) is 2.87. The van der Waals surface area contributed by atoms with Gasteiger partial charge in [-0.3, -0.25) is 4.79 Å². The Balaban J connectivity index is 2.92. The molecule has 1 aromatic carbocycles. The zero-order chi connectivity index (χ0) is 11.9. The summed E-state index contributed by atoms with van der Waals surface area (Å²) in [5.74, 6) is 1.39. The number of rotatable bonds is 1. The molecule has 0 saturated heterocycles. The molecule has 0 bridgehead atoms. The summed E-state index contributed by atoms with van der Waals surface area (Å²) in [6.07, 6.45) is 0. The van der Waals surface area contributed by atoms with Gasteiger partial charge in [0, 0.05) is 11.6 Å². The molecular formula is C13H14O3. The van der Waals surface area contributed by atoms with Crippen LogP contribution in [0.3, 0.4) is 0 Å². The number of hydrogen-bond donors (Lipinski definition) is 0. The van der Waals surface area contributed by atoms with Crippen molar-refractivity contribution in [1.82, 2.24) is 0 Å². The minimum Gasteiger partial charge on any atom is -0.496 e. The zero-order valence-electron chi connectivity index (χ0n) is 9.88. The molecule has 2 rings (SSSR count). The molecule has 0 aliphatic rings. The van der Waals surface area contributed by atoms with E-state index in [1.54, 1.807) is 27.0 Å². The van der Waals surface area contributed by atoms with Crippen molar-refractivity contribution >= 4 is 11.0 Å². The zero-order valence-corrected chi connectivity index (χ0v) is 9.88. The van der Waals surface area contributed by atoms with Gasteiger partial charge < -0.3 is 9.15 Å². The van der Waals surface area contributed by atoms with Crippen LogP contribution in [0.2, 0.25) is 0 Å². The van der Waals surface area contributed by atoms with E-state index in [0.717, 1.165) is 11.3 Å². The predicted octanol–water partition coefficient (Wildman–Crippen LogP) is 2.73. The summed E-state index contributed by atoms with van der Waals surface area (Å²) in [6, 6.07) is 3.57. The van der Waals surface area contributed by atoms with Gasteiger partial charge in [-0.2, -0.15) is 0 Å². The van der Waals surface area contributed by atoms with Crippen molar-refractivity contribution < 1.29 is 9.15 Å². The molecule has 1 aromatic heterocycles. The maximum absolute atomic E-state index is 12.0. The number of hydrogen-bond acceptors (Lipinski definition) is 3. The van der Waals surface area contributed by atoms with Crippen LogP contribution < -0.4 is 10.2 Å². The number of aryl methyl sites for hydroxylation is 2. The van der Waals surface area contributed by atoms with Gasteiger partial charge in [0.05, 0.1) is 12.5 Å². The average molecular weight is 218 g/mol. The Hall–Kier alpha value is -1.77. The third kappa shape index (κ3) is 1.48. The average Bonchev–Trinajstić information content (AvgIpc) is 2.27. The first-order chi connectivity index (χ1) is 7.54. The van der Waals surface area contributed by atoms with Crippen molar-refractivity contribution in [3.8, 4) is 5.75 Å². The second kappa shape index (κ2) is 3.67. The van der Waals surface area contributed by atoms with Gasteiger partial charge in [-0.05, 0) is 32.4 Å². The van der Waals surface area contributed by atoms with Crippen molar-refractivity contribution in [2.75, 3.05) is 7.11 Å². The first-order valence-electron chi connectivity index (χ1n) is 5.13. The minimum atomic E-state index is 0.0319. The van der Waals surface area contributed by atoms with Crippen molar-refractivity contribution in [2.24, 2.45) is 0 Å². The van der Waals surface area contributed by atoms with Gasteiger partial charge >= 0.3 is 0 Å². The van der Waals surface area contributed by atoms with Crippen LogP contribution >= 0.6 is 0 Å². The molecule has 2 aromatic rings. The quantitative estimate of drug-likeness (QED) is 0.738. The van der Waals surface area contributed by atoms with E-state index in [0.29, 0.717) is 22.3 Å². The van der Waals surface area contributed by atoms with E-state index in [1.807, 2.05) is 13.0 Å². The van der Waals surface area contributed by atoms with Gasteiger partial charge in [0.1, 0.15) is 17.1 Å². The summed E-state index contributed by atoms with van der Waals surface area (Å²) in [5, 5.41) is 0.612. The van der Waals surface area contributed by atoms with Crippen molar-refractivity contribution in [3.63, 3.8) is 0 Å². The molecule has 3 nitrogen and oxygen atoms in total. The van der Waals surface area contributed by atoms with Crippen LogP contribution in [0.1, 0.15) is 16.9 Å². The van der Waals surface area contributed by atoms with Crippen molar-refractivity contribution in [3.05, 3.63) is 39.2 Å². The van der Waals surface area contributed by atoms with Crippen LogP contribution in [0.25, 0.3) is 11.0 Å². The Labute approximate surface area is 93.7 Å². The summed E-state index contributed by atoms with van der Waals surface area (Å²) in [4.78, 5) is 12.0. The summed E-state index contributed by atoms with van der Waals surface area (Å²) in [7, 11) is 1.60. The molecule has 0 fully saturated rings. The van der Waals surface area contributed by atoms with E-state index in [-0.39, 0.29) is 5.43 Å². The molecule has 1 heterocycles. The summed E-state index contributed by atoms with van der Waals surface area (Å²) in [6.45, 7) is 5.48. The van der Waals surface area contributed by atoms with Crippen LogP contribution in [0, 0.1) is 20.8 Å². The largest absolute Gasteiger partial charge is 0.496 e. The molecule has 0 amide bonds. The molecule has 16 heavy (non-hydrogen) atoms. The molecular weight excluding hydrogens is 204 g/mol. The first kappa shape index (κ1) is 10.7. The lowest BCUT2D eigenvalue weighted by Gasteiger charge is -2.07. The molecule has 0 N–H and O–H groups in total. The molecule has 0 radical (unpaired) electrons. The highest BCUT2D eigenvalue weighted by molar-refractivity contribution is 5.80. The molecule has 0 atom stereocenters. The van der Waals surface area contributed by atoms with Crippen LogP contribution in [0.15, 0.2) is 21.3 Å². The van der Waals surface area contributed by atoms with E-state index >= 15 is 0 Å². The summed E-state index contributed by atoms with van der Waals surface area (Å²) >= 11 is 0. The highest BCUT2D eigenvalue weighted by atomic mass is 16.5. The fourth-order valence-electron chi connectivity index (χ4n) is 1.75. The van der Waals surface area contributed by atoms with E-state index in [4.69, 9.17) is 9.15 Å². The Morgan fingerprint density at radius 2 is 1.88 bits per heavy atom. The normalized spacial score (nSPS) is 10.8. The summed E-state index contributed by atoms with van der Waals surface area (Å²) in [5.41, 5.74) is 2.21. The lowest BCUT2D eigenvalue weighted by Crippen LogP contribution is -2.07. The molecule has 3 heteroatoms. The lowest BCUT2D eigenvalue weighted by molar-refractivity contribution is 0.411. The maximum Gasteiger partial charge on any atom is 0.195 e. The van der Waals surface area contributed by atoms with E-state index in [9.17, 15) is 4.79 Å². The number of ether oxygens (including phenoxy) is 1. The number of benzene rings is 1. The van der Waals surface area contributed by atoms with Gasteiger partial charge in [-0.25, -0.2) is 0 Å². The first-order valence-corrected chi connectivity index (χ1v) is 5.13. The summed E-state index contributed by atoms with van der Waals surface area (Å²) < 4.78 is 10.8. The standard InChI is InChI=1S/C13H14O3/c1-7-5-10-12(6-11(7)15-4)16-9(3)8(2)13(10)14/h5-6H,1-4H3. The van der Waals surface area contributed by atoms with Crippen molar-refractivity contribution in [1.29, 1.82) is 0 Å². The molecule has 0 spiro atoms. The monoisotopic (exact) mass is 218 g/mol. The fraction of sp³-hybridized carbons (Fsp3) is 0.308. The van der Waals surface area contributed by atoms with Gasteiger partial charge in [0.15, 0.2) is 5.43 Å². The second-order valence-electron chi connectivity index (χ2n) is 3.93. The highest BCUT2D eigenvalue weighted by Crippen LogP contribution is 2.24. The molecule has 0 unspecified atom stereocenters. The topological polar surface area (TPSA) is 39.4 Å². The van der Waals surface area contributed by atoms with Gasteiger partial charge in [-0.1, -0.05) is 0 Å². The Morgan fingerprint density at radius 3 is 2.50 bits per heavy atom. The minimum absolute atomic E-state index is 0.0319. The van der Waals surface area contributed by atoms with Gasteiger partial charge in [0.2, 0.25) is 0 Å². The SMILES string of the molecule is COc1cc2oc(C)c(C)c(=O)c2cc1C. The van der Waals surface area contributed by atoms with Crippen LogP contribution in [0.4, 0.5) is 0 Å². The third-order valence-electron chi connectivity index (χ3n) is 2.87. The highest BCUT2D eigenvalue weighted by Gasteiger charge is 2.10. The molecule has 0 saturated carbocycles. The molecule has 84 valence electrons. The fourth-order valence-corrected chi connectivity index (χ4v) is 1.75. The smallest absolute Gasteiger partial charge is 0.195 e. The van der Waals surface area contributed by atoms with Gasteiger partial charge in [0.25, 0.3) is 0 Å². The Kier molecular flexibility index (Phi) is 2.46. The number of methoxy groups -OCH3 is 1. The van der Waals surface area contributed by atoms with Crippen LogP contribution in [0.5, 0.6) is 5.75 Å². The molecule has 0 aliphatic heterocycles. The number of fused-ring (bicyclic) bond motifs is 1. The van der Waals surface area contributed by atoms with E-state index < -0.39 is 0 Å². The predicted molar refractivity (Wildman–Crippen MR) is 63.2 cm³/mol. The van der Waals surface area contributed by atoms with E-state index in [1.165, 1.54) is 0 Å².